The van der Waals surface area contributed by atoms with Crippen LogP contribution < -0.4 is 0 Å². The van der Waals surface area contributed by atoms with Gasteiger partial charge in [0.15, 0.2) is 5.82 Å². The minimum atomic E-state index is -0.537. The molecule has 3 nitrogen and oxygen atoms in total. The highest BCUT2D eigenvalue weighted by Crippen LogP contribution is 2.62. The van der Waals surface area contributed by atoms with E-state index >= 15 is 0 Å². The second-order valence-corrected chi connectivity index (χ2v) is 15.7. The summed E-state index contributed by atoms with van der Waals surface area (Å²) in [5.74, 6) is 0.820. The minimum Gasteiger partial charge on any atom is -0.292 e. The van der Waals surface area contributed by atoms with E-state index in [1.54, 1.807) is 0 Å². The van der Waals surface area contributed by atoms with Crippen LogP contribution in [0.3, 0.4) is 0 Å². The van der Waals surface area contributed by atoms with Gasteiger partial charge in [-0.05, 0) is 103 Å². The molecule has 2 heterocycles. The summed E-state index contributed by atoms with van der Waals surface area (Å²) in [6.07, 6.45) is 0. The molecule has 0 unspecified atom stereocenters. The van der Waals surface area contributed by atoms with Crippen LogP contribution in [0.2, 0.25) is 0 Å². The van der Waals surface area contributed by atoms with E-state index in [2.05, 4.69) is 199 Å². The molecular formula is C55H33N3. The first-order valence-electron chi connectivity index (χ1n) is 20.0. The molecule has 58 heavy (non-hydrogen) atoms. The molecule has 0 saturated carbocycles. The fourth-order valence-corrected chi connectivity index (χ4v) is 10.4. The van der Waals surface area contributed by atoms with E-state index in [0.717, 1.165) is 44.7 Å². The van der Waals surface area contributed by atoms with Gasteiger partial charge in [-0.15, -0.1) is 0 Å². The molecule has 2 aliphatic carbocycles. The van der Waals surface area contributed by atoms with Gasteiger partial charge >= 0.3 is 0 Å². The van der Waals surface area contributed by atoms with E-state index in [0.29, 0.717) is 0 Å². The fraction of sp³-hybridized carbons (Fsp3) is 0.0182. The van der Waals surface area contributed by atoms with Crippen LogP contribution in [-0.4, -0.2) is 14.5 Å². The molecule has 1 spiro atoms. The Kier molecular flexibility index (Phi) is 6.37. The van der Waals surface area contributed by atoms with Crippen LogP contribution in [0.15, 0.2) is 200 Å². The van der Waals surface area contributed by atoms with Crippen molar-refractivity contribution < 1.29 is 0 Å². The first-order chi connectivity index (χ1) is 28.8. The third-order valence-electron chi connectivity index (χ3n) is 12.7. The zero-order chi connectivity index (χ0) is 38.0. The standard InChI is InChI=1S/C55H33N3/c1-3-15-34(16-4-1)37-20-13-21-38(31-37)53-54(57-47-28-12-11-27-46(47)56-53)58-48-30-29-36-19-14-26-44-50(36)52(48)51-45(32-39(33-49(51)58)35-17-5-2-6-18-35)55(44)42-24-9-7-22-40(42)41-23-8-10-25-43(41)55/h1-33H. The maximum atomic E-state index is 5.59. The van der Waals surface area contributed by atoms with E-state index in [1.165, 1.54) is 71.6 Å². The lowest BCUT2D eigenvalue weighted by molar-refractivity contribution is 0.783. The molecule has 0 saturated heterocycles. The zero-order valence-electron chi connectivity index (χ0n) is 31.4. The fourth-order valence-electron chi connectivity index (χ4n) is 10.4. The van der Waals surface area contributed by atoms with Gasteiger partial charge in [-0.2, -0.15) is 0 Å². The first-order valence-corrected chi connectivity index (χ1v) is 20.0. The molecule has 2 aromatic heterocycles. The monoisotopic (exact) mass is 735 g/mol. The average molecular weight is 736 g/mol. The Morgan fingerprint density at radius 1 is 0.345 bits per heavy atom. The number of benzene rings is 9. The predicted octanol–water partition coefficient (Wildman–Crippen LogP) is 13.6. The van der Waals surface area contributed by atoms with Crippen LogP contribution in [0, 0.1) is 0 Å². The SMILES string of the molecule is c1ccc(-c2cccc(-c3nc4ccccc4nc3-n3c4cc(-c5ccccc5)cc5c4c4c6c(cccc6ccc43)C53c4ccccc4-c4ccccc43)c2)cc1. The lowest BCUT2D eigenvalue weighted by atomic mass is 9.63. The van der Waals surface area contributed by atoms with Crippen LogP contribution in [0.25, 0.3) is 94.1 Å². The highest BCUT2D eigenvalue weighted by molar-refractivity contribution is 6.27. The highest BCUT2D eigenvalue weighted by Gasteiger charge is 2.50. The van der Waals surface area contributed by atoms with Crippen LogP contribution in [-0.2, 0) is 5.41 Å². The summed E-state index contributed by atoms with van der Waals surface area (Å²) >= 11 is 0. The molecule has 0 fully saturated rings. The van der Waals surface area contributed by atoms with Gasteiger partial charge in [0.25, 0.3) is 0 Å². The lowest BCUT2D eigenvalue weighted by Gasteiger charge is -2.38. The topological polar surface area (TPSA) is 30.7 Å². The van der Waals surface area contributed by atoms with Gasteiger partial charge in [-0.1, -0.05) is 164 Å². The molecule has 11 aromatic rings. The Bertz CT molecular complexity index is 3460. The van der Waals surface area contributed by atoms with E-state index in [1.807, 2.05) is 6.07 Å². The largest absolute Gasteiger partial charge is 0.292 e. The van der Waals surface area contributed by atoms with Crippen molar-refractivity contribution in [2.45, 2.75) is 5.41 Å². The highest BCUT2D eigenvalue weighted by atomic mass is 15.1. The van der Waals surface area contributed by atoms with Crippen LogP contribution in [0.5, 0.6) is 0 Å². The van der Waals surface area contributed by atoms with E-state index in [9.17, 15) is 0 Å². The lowest BCUT2D eigenvalue weighted by Crippen LogP contribution is -2.30. The molecule has 0 radical (unpaired) electrons. The second kappa shape index (κ2) is 11.7. The van der Waals surface area contributed by atoms with Gasteiger partial charge in [0.1, 0.15) is 5.69 Å². The van der Waals surface area contributed by atoms with Crippen molar-refractivity contribution in [2.24, 2.45) is 0 Å². The summed E-state index contributed by atoms with van der Waals surface area (Å²) in [5, 5.41) is 5.08. The van der Waals surface area contributed by atoms with Gasteiger partial charge in [-0.25, -0.2) is 9.97 Å². The van der Waals surface area contributed by atoms with Gasteiger partial charge in [0.05, 0.1) is 27.5 Å². The number of aromatic nitrogens is 3. The first kappa shape index (κ1) is 31.6. The number of nitrogens with zero attached hydrogens (tertiary/aromatic N) is 3. The summed E-state index contributed by atoms with van der Waals surface area (Å²) in [6, 6.07) is 73.0. The Hall–Kier alpha value is -7.62. The molecule has 2 aliphatic rings. The van der Waals surface area contributed by atoms with E-state index in [4.69, 9.17) is 9.97 Å². The molecule has 268 valence electrons. The zero-order valence-corrected chi connectivity index (χ0v) is 31.4. The number of fused-ring (bicyclic) bond motifs is 8. The molecule has 0 bridgehead atoms. The summed E-state index contributed by atoms with van der Waals surface area (Å²) in [4.78, 5) is 11.1. The van der Waals surface area contributed by atoms with Crippen molar-refractivity contribution in [3.05, 3.63) is 222 Å². The molecule has 0 N–H and O–H groups in total. The van der Waals surface area contributed by atoms with Gasteiger partial charge in [0.2, 0.25) is 0 Å². The minimum absolute atomic E-state index is 0.537. The van der Waals surface area contributed by atoms with Crippen molar-refractivity contribution in [1.82, 2.24) is 14.5 Å². The number of hydrogen-bond donors (Lipinski definition) is 0. The molecular weight excluding hydrogens is 703 g/mol. The van der Waals surface area contributed by atoms with Crippen molar-refractivity contribution in [2.75, 3.05) is 0 Å². The van der Waals surface area contributed by atoms with Gasteiger partial charge in [-0.3, -0.25) is 4.57 Å². The summed E-state index contributed by atoms with van der Waals surface area (Å²) < 4.78 is 2.42. The molecule has 3 heteroatoms. The maximum Gasteiger partial charge on any atom is 0.165 e. The predicted molar refractivity (Wildman–Crippen MR) is 239 cm³/mol. The van der Waals surface area contributed by atoms with Crippen molar-refractivity contribution >= 4 is 43.6 Å². The molecule has 9 aromatic carbocycles. The van der Waals surface area contributed by atoms with Crippen molar-refractivity contribution in [1.29, 1.82) is 0 Å². The Labute approximate surface area is 335 Å². The summed E-state index contributed by atoms with van der Waals surface area (Å²) in [6.45, 7) is 0. The average Bonchev–Trinajstić information content (AvgIpc) is 3.79. The quantitative estimate of drug-likeness (QED) is 0.180. The van der Waals surface area contributed by atoms with Crippen molar-refractivity contribution in [3.8, 4) is 50.5 Å². The van der Waals surface area contributed by atoms with E-state index in [-0.39, 0.29) is 0 Å². The van der Waals surface area contributed by atoms with Crippen LogP contribution in [0.1, 0.15) is 22.3 Å². The number of para-hydroxylation sites is 2. The normalized spacial score (nSPS) is 13.3. The smallest absolute Gasteiger partial charge is 0.165 e. The van der Waals surface area contributed by atoms with Gasteiger partial charge < -0.3 is 0 Å². The number of rotatable bonds is 4. The Morgan fingerprint density at radius 3 is 1.67 bits per heavy atom. The third kappa shape index (κ3) is 4.12. The molecule has 0 amide bonds. The Morgan fingerprint density at radius 2 is 0.931 bits per heavy atom. The second-order valence-electron chi connectivity index (χ2n) is 15.7. The van der Waals surface area contributed by atoms with Crippen LogP contribution >= 0.6 is 0 Å². The molecule has 0 aliphatic heterocycles. The van der Waals surface area contributed by atoms with Crippen LogP contribution in [0.4, 0.5) is 0 Å². The maximum absolute atomic E-state index is 5.59. The third-order valence-corrected chi connectivity index (χ3v) is 12.7. The Balaban J connectivity index is 1.23. The molecule has 13 rings (SSSR count). The summed E-state index contributed by atoms with van der Waals surface area (Å²) in [7, 11) is 0. The molecule has 0 atom stereocenters. The van der Waals surface area contributed by atoms with E-state index < -0.39 is 5.41 Å². The van der Waals surface area contributed by atoms with Gasteiger partial charge in [0, 0.05) is 16.3 Å². The summed E-state index contributed by atoms with van der Waals surface area (Å²) in [5.41, 5.74) is 17.9. The van der Waals surface area contributed by atoms with Crippen molar-refractivity contribution in [3.63, 3.8) is 0 Å². The number of hydrogen-bond acceptors (Lipinski definition) is 2.